The van der Waals surface area contributed by atoms with Crippen LogP contribution >= 0.6 is 0 Å². The average Bonchev–Trinajstić information content (AvgIpc) is 2.73. The number of nitrogens with zero attached hydrogens (tertiary/aromatic N) is 1. The molecule has 1 heterocycles. The Balaban J connectivity index is 0.00000180. The number of hydrogen-bond donors (Lipinski definition) is 0. The Hall–Kier alpha value is -2.72. The normalized spacial score (nSPS) is 10.7. The smallest absolute Gasteiger partial charge is 0.219 e. The monoisotopic (exact) mass is 459 g/mol. The molecule has 1 aromatic heterocycles. The fraction of sp³-hybridized carbons (Fsp3) is 0. The molecule has 0 unspecified atom stereocenters. The molecular weight excluding hydrogens is 441 g/mol. The standard InChI is InChI=1S/C25H18N.HI/c1-3-11-19(12-4-1)25-21-15-7-9-17-23(21)26(20-13-5-2-6-14-20)24-18-10-8-16-22(24)25;/h1-18H;1H/q+1;/p-1. The second-order valence-electron chi connectivity index (χ2n) is 6.45. The van der Waals surface area contributed by atoms with Gasteiger partial charge in [0.25, 0.3) is 0 Å². The molecule has 5 rings (SSSR count). The minimum atomic E-state index is 0. The summed E-state index contributed by atoms with van der Waals surface area (Å²) in [6.07, 6.45) is 0. The van der Waals surface area contributed by atoms with Crippen molar-refractivity contribution in [3.05, 3.63) is 109 Å². The Bertz CT molecular complexity index is 1060. The van der Waals surface area contributed by atoms with E-state index < -0.39 is 0 Å². The van der Waals surface area contributed by atoms with Crippen molar-refractivity contribution < 1.29 is 28.5 Å². The molecule has 0 atom stereocenters. The van der Waals surface area contributed by atoms with Gasteiger partial charge in [-0.25, -0.2) is 0 Å². The fourth-order valence-corrected chi connectivity index (χ4v) is 3.81. The third-order valence-electron chi connectivity index (χ3n) is 4.91. The molecule has 0 fully saturated rings. The zero-order valence-electron chi connectivity index (χ0n) is 14.7. The van der Waals surface area contributed by atoms with Gasteiger partial charge in [0.1, 0.15) is 0 Å². The van der Waals surface area contributed by atoms with Crippen LogP contribution in [0, 0.1) is 0 Å². The summed E-state index contributed by atoms with van der Waals surface area (Å²) in [5.41, 5.74) is 6.16. The molecular formula is C25H18IN. The summed E-state index contributed by atoms with van der Waals surface area (Å²) < 4.78 is 2.36. The van der Waals surface area contributed by atoms with Crippen LogP contribution in [0.2, 0.25) is 0 Å². The average molecular weight is 459 g/mol. The first-order valence-electron chi connectivity index (χ1n) is 8.90. The molecule has 5 aromatic rings. The lowest BCUT2D eigenvalue weighted by atomic mass is 9.95. The highest BCUT2D eigenvalue weighted by Gasteiger charge is 2.22. The zero-order chi connectivity index (χ0) is 17.3. The van der Waals surface area contributed by atoms with Gasteiger partial charge < -0.3 is 24.0 Å². The Morgan fingerprint density at radius 1 is 0.444 bits per heavy atom. The van der Waals surface area contributed by atoms with Crippen molar-refractivity contribution >= 4 is 21.8 Å². The lowest BCUT2D eigenvalue weighted by Crippen LogP contribution is -3.00. The molecule has 0 aliphatic heterocycles. The maximum absolute atomic E-state index is 2.36. The number of halogens is 1. The Kier molecular flexibility index (Phi) is 4.90. The van der Waals surface area contributed by atoms with Crippen molar-refractivity contribution in [2.75, 3.05) is 0 Å². The number of benzene rings is 4. The van der Waals surface area contributed by atoms with Crippen molar-refractivity contribution in [2.24, 2.45) is 0 Å². The molecule has 0 aliphatic carbocycles. The number of aromatic nitrogens is 1. The van der Waals surface area contributed by atoms with Crippen molar-refractivity contribution in [1.82, 2.24) is 0 Å². The first kappa shape index (κ1) is 17.7. The number of rotatable bonds is 2. The quantitative estimate of drug-likeness (QED) is 0.217. The maximum Gasteiger partial charge on any atom is 0.219 e. The molecule has 0 aliphatic rings. The number of para-hydroxylation sites is 3. The summed E-state index contributed by atoms with van der Waals surface area (Å²) in [6.45, 7) is 0. The molecule has 0 amide bonds. The molecule has 1 nitrogen and oxygen atoms in total. The molecule has 27 heavy (non-hydrogen) atoms. The second kappa shape index (κ2) is 7.49. The first-order valence-corrected chi connectivity index (χ1v) is 8.90. The van der Waals surface area contributed by atoms with Gasteiger partial charge >= 0.3 is 0 Å². The van der Waals surface area contributed by atoms with Crippen LogP contribution in [0.15, 0.2) is 109 Å². The molecule has 0 N–H and O–H groups in total. The van der Waals surface area contributed by atoms with Gasteiger partial charge in [-0.3, -0.25) is 0 Å². The van der Waals surface area contributed by atoms with E-state index in [0.29, 0.717) is 0 Å². The fourth-order valence-electron chi connectivity index (χ4n) is 3.81. The SMILES string of the molecule is [I-].c1ccc(-c2c3ccccc3[n+](-c3ccccc3)c3ccccc23)cc1. The van der Waals surface area contributed by atoms with Crippen molar-refractivity contribution in [3.8, 4) is 16.8 Å². The molecule has 0 saturated carbocycles. The summed E-state index contributed by atoms with van der Waals surface area (Å²) in [6, 6.07) is 38.6. The second-order valence-corrected chi connectivity index (χ2v) is 6.45. The Morgan fingerprint density at radius 3 is 1.44 bits per heavy atom. The highest BCUT2D eigenvalue weighted by Crippen LogP contribution is 2.34. The van der Waals surface area contributed by atoms with E-state index in [1.165, 1.54) is 38.6 Å². The highest BCUT2D eigenvalue weighted by molar-refractivity contribution is 6.07. The summed E-state index contributed by atoms with van der Waals surface area (Å²) in [5, 5.41) is 2.53. The topological polar surface area (TPSA) is 3.88 Å². The van der Waals surface area contributed by atoms with Gasteiger partial charge in [-0.05, 0) is 17.7 Å². The van der Waals surface area contributed by atoms with Crippen LogP contribution in [-0.4, -0.2) is 0 Å². The third-order valence-corrected chi connectivity index (χ3v) is 4.91. The Labute approximate surface area is 175 Å². The van der Waals surface area contributed by atoms with Gasteiger partial charge in [-0.2, -0.15) is 4.57 Å². The van der Waals surface area contributed by atoms with Gasteiger partial charge in [-0.15, -0.1) is 0 Å². The van der Waals surface area contributed by atoms with E-state index in [1.54, 1.807) is 0 Å². The summed E-state index contributed by atoms with van der Waals surface area (Å²) in [7, 11) is 0. The van der Waals surface area contributed by atoms with Crippen molar-refractivity contribution in [2.45, 2.75) is 0 Å². The maximum atomic E-state index is 2.36. The molecule has 0 radical (unpaired) electrons. The van der Waals surface area contributed by atoms with E-state index in [0.717, 1.165) is 0 Å². The van der Waals surface area contributed by atoms with Crippen molar-refractivity contribution in [3.63, 3.8) is 0 Å². The van der Waals surface area contributed by atoms with E-state index in [-0.39, 0.29) is 24.0 Å². The summed E-state index contributed by atoms with van der Waals surface area (Å²) >= 11 is 0. The largest absolute Gasteiger partial charge is 1.00 e. The number of hydrogen-bond acceptors (Lipinski definition) is 0. The third kappa shape index (κ3) is 3.00. The zero-order valence-corrected chi connectivity index (χ0v) is 16.9. The first-order chi connectivity index (χ1) is 12.9. The van der Waals surface area contributed by atoms with E-state index in [4.69, 9.17) is 0 Å². The molecule has 130 valence electrons. The van der Waals surface area contributed by atoms with Crippen LogP contribution in [0.25, 0.3) is 38.6 Å². The predicted octanol–water partition coefficient (Wildman–Crippen LogP) is 2.94. The lowest BCUT2D eigenvalue weighted by Gasteiger charge is -2.12. The van der Waals surface area contributed by atoms with E-state index >= 15 is 0 Å². The highest BCUT2D eigenvalue weighted by atomic mass is 127. The summed E-state index contributed by atoms with van der Waals surface area (Å²) in [5.74, 6) is 0. The van der Waals surface area contributed by atoms with Crippen LogP contribution in [0.5, 0.6) is 0 Å². The molecule has 4 aromatic carbocycles. The van der Waals surface area contributed by atoms with Crippen LogP contribution in [-0.2, 0) is 0 Å². The predicted molar refractivity (Wildman–Crippen MR) is 108 cm³/mol. The van der Waals surface area contributed by atoms with Crippen LogP contribution in [0.3, 0.4) is 0 Å². The number of fused-ring (bicyclic) bond motifs is 2. The summed E-state index contributed by atoms with van der Waals surface area (Å²) in [4.78, 5) is 0. The molecule has 0 bridgehead atoms. The van der Waals surface area contributed by atoms with Gasteiger partial charge in [0.05, 0.1) is 10.8 Å². The van der Waals surface area contributed by atoms with E-state index in [2.05, 4.69) is 114 Å². The minimum absolute atomic E-state index is 0. The molecule has 2 heteroatoms. The molecule has 0 saturated heterocycles. The van der Waals surface area contributed by atoms with Crippen molar-refractivity contribution in [1.29, 1.82) is 0 Å². The van der Waals surface area contributed by atoms with Gasteiger partial charge in [0.15, 0.2) is 0 Å². The minimum Gasteiger partial charge on any atom is -1.00 e. The number of pyridine rings is 1. The van der Waals surface area contributed by atoms with Crippen LogP contribution in [0.1, 0.15) is 0 Å². The van der Waals surface area contributed by atoms with Gasteiger partial charge in [0, 0.05) is 29.8 Å². The van der Waals surface area contributed by atoms with Gasteiger partial charge in [0.2, 0.25) is 16.7 Å². The molecule has 0 spiro atoms. The van der Waals surface area contributed by atoms with E-state index in [1.807, 2.05) is 0 Å². The van der Waals surface area contributed by atoms with Crippen LogP contribution < -0.4 is 28.5 Å². The van der Waals surface area contributed by atoms with Gasteiger partial charge in [-0.1, -0.05) is 72.8 Å². The van der Waals surface area contributed by atoms with Crippen LogP contribution in [0.4, 0.5) is 0 Å². The Morgan fingerprint density at radius 2 is 0.889 bits per heavy atom. The van der Waals surface area contributed by atoms with E-state index in [9.17, 15) is 0 Å². The lowest BCUT2D eigenvalue weighted by molar-refractivity contribution is -0.537.